The summed E-state index contributed by atoms with van der Waals surface area (Å²) in [4.78, 5) is 21.0. The normalized spacial score (nSPS) is 37.9. The van der Waals surface area contributed by atoms with E-state index in [1.165, 1.54) is 0 Å². The lowest BCUT2D eigenvalue weighted by atomic mass is 10.3. The Hall–Kier alpha value is -0.690. The summed E-state index contributed by atoms with van der Waals surface area (Å²) in [6.07, 6.45) is -1.86. The minimum absolute atomic E-state index is 0.921. The average Bonchev–Trinajstić information content (AvgIpc) is 1.84. The summed E-state index contributed by atoms with van der Waals surface area (Å²) in [6, 6.07) is -0.921. The first-order chi connectivity index (χ1) is 4.94. The standard InChI is InChI=1S/C4H4BrFN2O3/c5-4(6)1(9)7-3(11)8-2(4)10/h1,9H,(H2,7,8,10,11). The molecule has 0 aliphatic carbocycles. The van der Waals surface area contributed by atoms with Gasteiger partial charge in [-0.3, -0.25) is 10.1 Å². The second-order valence-corrected chi connectivity index (χ2v) is 3.11. The molecule has 2 atom stereocenters. The summed E-state index contributed by atoms with van der Waals surface area (Å²) in [6.45, 7) is 0. The number of carbonyl (C=O) groups excluding carboxylic acids is 2. The number of amides is 3. The Morgan fingerprint density at radius 3 is 2.64 bits per heavy atom. The zero-order valence-corrected chi connectivity index (χ0v) is 6.68. The molecule has 0 aromatic carbocycles. The van der Waals surface area contributed by atoms with Crippen molar-refractivity contribution < 1.29 is 19.1 Å². The van der Waals surface area contributed by atoms with Gasteiger partial charge in [0.15, 0.2) is 6.23 Å². The number of nitrogens with one attached hydrogen (secondary N) is 2. The van der Waals surface area contributed by atoms with Gasteiger partial charge in [0, 0.05) is 0 Å². The highest BCUT2D eigenvalue weighted by atomic mass is 79.9. The fourth-order valence-electron chi connectivity index (χ4n) is 0.562. The van der Waals surface area contributed by atoms with Crippen LogP contribution in [0.25, 0.3) is 0 Å². The Morgan fingerprint density at radius 1 is 1.64 bits per heavy atom. The van der Waals surface area contributed by atoms with E-state index in [2.05, 4.69) is 15.9 Å². The van der Waals surface area contributed by atoms with Crippen LogP contribution in [0, 0.1) is 0 Å². The molecule has 1 aliphatic rings. The van der Waals surface area contributed by atoms with Crippen molar-refractivity contribution in [3.63, 3.8) is 0 Å². The fraction of sp³-hybridized carbons (Fsp3) is 0.500. The molecule has 0 spiro atoms. The predicted molar refractivity (Wildman–Crippen MR) is 35.4 cm³/mol. The molecule has 5 nitrogen and oxygen atoms in total. The molecule has 1 heterocycles. The highest BCUT2D eigenvalue weighted by Crippen LogP contribution is 2.25. The zero-order chi connectivity index (χ0) is 8.65. The Balaban J connectivity index is 2.84. The van der Waals surface area contributed by atoms with Crippen molar-refractivity contribution >= 4 is 27.9 Å². The van der Waals surface area contributed by atoms with Crippen molar-refractivity contribution in [2.45, 2.75) is 10.8 Å². The molecule has 0 saturated carbocycles. The van der Waals surface area contributed by atoms with Crippen LogP contribution >= 0.6 is 15.9 Å². The number of halogens is 2. The number of rotatable bonds is 0. The Morgan fingerprint density at radius 2 is 2.18 bits per heavy atom. The summed E-state index contributed by atoms with van der Waals surface area (Å²) >= 11 is 2.31. The van der Waals surface area contributed by atoms with Gasteiger partial charge >= 0.3 is 6.03 Å². The fourth-order valence-corrected chi connectivity index (χ4v) is 0.775. The van der Waals surface area contributed by atoms with Gasteiger partial charge in [-0.25, -0.2) is 9.18 Å². The summed E-state index contributed by atoms with van der Waals surface area (Å²) in [5.74, 6) is -1.21. The highest BCUT2D eigenvalue weighted by Gasteiger charge is 2.48. The molecule has 3 amide bonds. The number of aliphatic hydroxyl groups excluding tert-OH is 1. The van der Waals surface area contributed by atoms with Crippen molar-refractivity contribution in [2.24, 2.45) is 0 Å². The van der Waals surface area contributed by atoms with E-state index in [9.17, 15) is 14.0 Å². The molecular weight excluding hydrogens is 223 g/mol. The lowest BCUT2D eigenvalue weighted by Crippen LogP contribution is -2.64. The topological polar surface area (TPSA) is 78.4 Å². The first-order valence-corrected chi connectivity index (χ1v) is 3.41. The lowest BCUT2D eigenvalue weighted by molar-refractivity contribution is -0.133. The summed E-state index contributed by atoms with van der Waals surface area (Å²) in [7, 11) is 0. The van der Waals surface area contributed by atoms with Gasteiger partial charge in [0.2, 0.25) is 0 Å². The van der Waals surface area contributed by atoms with Crippen molar-refractivity contribution in [1.82, 2.24) is 10.6 Å². The number of aliphatic hydroxyl groups is 1. The molecule has 2 unspecified atom stereocenters. The number of imide groups is 1. The van der Waals surface area contributed by atoms with Crippen LogP contribution in [0.1, 0.15) is 0 Å². The quantitative estimate of drug-likeness (QED) is 0.474. The third-order valence-corrected chi connectivity index (χ3v) is 1.93. The van der Waals surface area contributed by atoms with E-state index >= 15 is 0 Å². The Kier molecular flexibility index (Phi) is 1.85. The summed E-state index contributed by atoms with van der Waals surface area (Å²) in [5, 5.41) is 12.2. The molecule has 1 saturated heterocycles. The Bertz CT molecular complexity index is 219. The van der Waals surface area contributed by atoms with Gasteiger partial charge in [0.1, 0.15) is 0 Å². The van der Waals surface area contributed by atoms with Gasteiger partial charge in [-0.15, -0.1) is 0 Å². The molecule has 11 heavy (non-hydrogen) atoms. The van der Waals surface area contributed by atoms with E-state index in [4.69, 9.17) is 5.11 Å². The molecule has 0 radical (unpaired) electrons. The number of alkyl halides is 2. The zero-order valence-electron chi connectivity index (χ0n) is 5.10. The van der Waals surface area contributed by atoms with Crippen LogP contribution in [0.5, 0.6) is 0 Å². The maximum atomic E-state index is 12.9. The van der Waals surface area contributed by atoms with Crippen LogP contribution in [0.15, 0.2) is 0 Å². The Labute approximate surface area is 69.1 Å². The van der Waals surface area contributed by atoms with Crippen LogP contribution in [0.2, 0.25) is 0 Å². The van der Waals surface area contributed by atoms with Crippen molar-refractivity contribution in [1.29, 1.82) is 0 Å². The van der Waals surface area contributed by atoms with E-state index in [1.807, 2.05) is 0 Å². The summed E-state index contributed by atoms with van der Waals surface area (Å²) < 4.78 is 10.2. The molecule has 7 heteroatoms. The number of urea groups is 1. The van der Waals surface area contributed by atoms with E-state index in [-0.39, 0.29) is 0 Å². The highest BCUT2D eigenvalue weighted by molar-refractivity contribution is 9.10. The molecule has 3 N–H and O–H groups in total. The second-order valence-electron chi connectivity index (χ2n) is 1.95. The largest absolute Gasteiger partial charge is 0.369 e. The minimum Gasteiger partial charge on any atom is -0.369 e. The number of hydrogen-bond donors (Lipinski definition) is 3. The molecule has 1 aliphatic heterocycles. The third kappa shape index (κ3) is 1.33. The van der Waals surface area contributed by atoms with Gasteiger partial charge in [0.05, 0.1) is 0 Å². The van der Waals surface area contributed by atoms with E-state index in [0.717, 1.165) is 0 Å². The second kappa shape index (κ2) is 2.42. The van der Waals surface area contributed by atoms with Crippen molar-refractivity contribution in [3.8, 4) is 0 Å². The maximum absolute atomic E-state index is 12.9. The minimum atomic E-state index is -2.64. The van der Waals surface area contributed by atoms with E-state index < -0.39 is 22.7 Å². The number of carbonyl (C=O) groups is 2. The first-order valence-electron chi connectivity index (χ1n) is 2.62. The van der Waals surface area contributed by atoms with Gasteiger partial charge in [-0.2, -0.15) is 0 Å². The molecule has 0 aromatic heterocycles. The van der Waals surface area contributed by atoms with Crippen LogP contribution < -0.4 is 10.6 Å². The van der Waals surface area contributed by atoms with Gasteiger partial charge in [-0.05, 0) is 15.9 Å². The molecule has 62 valence electrons. The lowest BCUT2D eigenvalue weighted by Gasteiger charge is -2.28. The maximum Gasteiger partial charge on any atom is 0.323 e. The van der Waals surface area contributed by atoms with Gasteiger partial charge in [0.25, 0.3) is 10.5 Å². The smallest absolute Gasteiger partial charge is 0.323 e. The summed E-state index contributed by atoms with van der Waals surface area (Å²) in [5.41, 5.74) is 0. The van der Waals surface area contributed by atoms with Crippen LogP contribution in [-0.2, 0) is 4.79 Å². The van der Waals surface area contributed by atoms with Crippen molar-refractivity contribution in [2.75, 3.05) is 0 Å². The third-order valence-electron chi connectivity index (χ3n) is 1.14. The SMILES string of the molecule is O=C1NC(=O)C(F)(Br)C(O)N1. The predicted octanol–water partition coefficient (Wildman–Crippen LogP) is -0.795. The number of hydrogen-bond acceptors (Lipinski definition) is 3. The molecular formula is C4H4BrFN2O3. The molecule has 1 fully saturated rings. The van der Waals surface area contributed by atoms with E-state index in [1.54, 1.807) is 10.6 Å². The van der Waals surface area contributed by atoms with E-state index in [0.29, 0.717) is 0 Å². The monoisotopic (exact) mass is 226 g/mol. The van der Waals surface area contributed by atoms with Gasteiger partial charge < -0.3 is 10.4 Å². The van der Waals surface area contributed by atoms with Gasteiger partial charge in [-0.1, -0.05) is 0 Å². The molecule has 0 aromatic rings. The van der Waals surface area contributed by atoms with Crippen LogP contribution in [0.3, 0.4) is 0 Å². The van der Waals surface area contributed by atoms with Crippen molar-refractivity contribution in [3.05, 3.63) is 0 Å². The first kappa shape index (κ1) is 8.41. The molecule has 0 bridgehead atoms. The van der Waals surface area contributed by atoms with Crippen LogP contribution in [0.4, 0.5) is 9.18 Å². The van der Waals surface area contributed by atoms with Crippen LogP contribution in [-0.4, -0.2) is 27.9 Å². The molecule has 1 rings (SSSR count). The average molecular weight is 227 g/mol.